The van der Waals surface area contributed by atoms with Crippen molar-refractivity contribution in [1.29, 1.82) is 0 Å². The fraction of sp³-hybridized carbons (Fsp3) is 0.280. The minimum absolute atomic E-state index is 0.00281. The van der Waals surface area contributed by atoms with Gasteiger partial charge >= 0.3 is 0 Å². The normalized spacial score (nSPS) is 14.5. The first kappa shape index (κ1) is 23.2. The lowest BCUT2D eigenvalue weighted by Gasteiger charge is -2.36. The predicted octanol–water partition coefficient (Wildman–Crippen LogP) is 1.91. The second-order valence-electron chi connectivity index (χ2n) is 8.38. The maximum atomic E-state index is 12.1. The molecule has 1 aliphatic rings. The van der Waals surface area contributed by atoms with Crippen molar-refractivity contribution in [2.45, 2.75) is 19.4 Å². The highest BCUT2D eigenvalue weighted by molar-refractivity contribution is 5.81. The molecule has 1 atom stereocenters. The van der Waals surface area contributed by atoms with Crippen molar-refractivity contribution in [3.63, 3.8) is 0 Å². The highest BCUT2D eigenvalue weighted by atomic mass is 16.2. The summed E-state index contributed by atoms with van der Waals surface area (Å²) in [6.45, 7) is 4.61. The number of nitrogens with two attached hydrogens (primary N) is 2. The summed E-state index contributed by atoms with van der Waals surface area (Å²) >= 11 is 0. The van der Waals surface area contributed by atoms with Crippen LogP contribution < -0.4 is 21.7 Å². The molecule has 2 heterocycles. The van der Waals surface area contributed by atoms with Gasteiger partial charge in [-0.25, -0.2) is 9.97 Å². The Balaban J connectivity index is 1.38. The van der Waals surface area contributed by atoms with E-state index in [0.29, 0.717) is 19.0 Å². The van der Waals surface area contributed by atoms with Gasteiger partial charge in [0, 0.05) is 49.3 Å². The third kappa shape index (κ3) is 5.68. The molecule has 0 spiro atoms. The molecular formula is C25H29N7O2. The van der Waals surface area contributed by atoms with Gasteiger partial charge in [-0.3, -0.25) is 9.59 Å². The van der Waals surface area contributed by atoms with E-state index in [4.69, 9.17) is 11.5 Å². The van der Waals surface area contributed by atoms with Crippen LogP contribution in [0.3, 0.4) is 0 Å². The Bertz CT molecular complexity index is 1140. The van der Waals surface area contributed by atoms with Crippen LogP contribution in [0.5, 0.6) is 0 Å². The molecule has 0 radical (unpaired) electrons. The Kier molecular flexibility index (Phi) is 7.03. The van der Waals surface area contributed by atoms with E-state index in [-0.39, 0.29) is 18.2 Å². The van der Waals surface area contributed by atoms with E-state index in [1.54, 1.807) is 13.1 Å². The number of primary amides is 1. The average Bonchev–Trinajstić information content (AvgIpc) is 2.84. The fourth-order valence-corrected chi connectivity index (χ4v) is 3.93. The molecule has 1 aromatic heterocycles. The van der Waals surface area contributed by atoms with Gasteiger partial charge in [-0.2, -0.15) is 0 Å². The number of carbonyl (C=O) groups excluding carboxylic acids is 2. The number of piperazine rings is 1. The van der Waals surface area contributed by atoms with Crippen LogP contribution in [-0.2, 0) is 16.0 Å². The van der Waals surface area contributed by atoms with Crippen LogP contribution in [0.2, 0.25) is 0 Å². The molecule has 0 saturated carbocycles. The monoisotopic (exact) mass is 459 g/mol. The number of carbonyl (C=O) groups is 2. The number of benzene rings is 2. The van der Waals surface area contributed by atoms with Gasteiger partial charge in [0.1, 0.15) is 0 Å². The second-order valence-corrected chi connectivity index (χ2v) is 8.38. The summed E-state index contributed by atoms with van der Waals surface area (Å²) in [7, 11) is 0. The Morgan fingerprint density at radius 1 is 1.00 bits per heavy atom. The van der Waals surface area contributed by atoms with Crippen LogP contribution in [0.4, 0.5) is 17.3 Å². The maximum Gasteiger partial charge on any atom is 0.239 e. The molecule has 1 fully saturated rings. The molecule has 0 bridgehead atoms. The van der Waals surface area contributed by atoms with Crippen molar-refractivity contribution in [3.8, 4) is 11.3 Å². The summed E-state index contributed by atoms with van der Waals surface area (Å²) < 4.78 is 0. The van der Waals surface area contributed by atoms with E-state index in [0.717, 1.165) is 41.3 Å². The number of hydrogen-bond acceptors (Lipinski definition) is 7. The van der Waals surface area contributed by atoms with Crippen LogP contribution in [0.25, 0.3) is 11.3 Å². The quantitative estimate of drug-likeness (QED) is 0.492. The molecule has 4 rings (SSSR count). The van der Waals surface area contributed by atoms with E-state index in [9.17, 15) is 9.59 Å². The Morgan fingerprint density at radius 3 is 2.29 bits per heavy atom. The third-order valence-corrected chi connectivity index (χ3v) is 5.75. The van der Waals surface area contributed by atoms with Gasteiger partial charge in [-0.15, -0.1) is 0 Å². The number of aromatic nitrogens is 2. The van der Waals surface area contributed by atoms with Crippen molar-refractivity contribution in [3.05, 3.63) is 66.4 Å². The zero-order chi connectivity index (χ0) is 24.1. The van der Waals surface area contributed by atoms with E-state index in [1.165, 1.54) is 0 Å². The molecule has 176 valence electrons. The van der Waals surface area contributed by atoms with Crippen LogP contribution in [-0.4, -0.2) is 58.9 Å². The molecule has 1 saturated heterocycles. The molecule has 0 unspecified atom stereocenters. The number of hydrogen-bond donors (Lipinski definition) is 3. The van der Waals surface area contributed by atoms with E-state index >= 15 is 0 Å². The van der Waals surface area contributed by atoms with Crippen LogP contribution in [0.15, 0.2) is 60.8 Å². The molecule has 2 amide bonds. The zero-order valence-electron chi connectivity index (χ0n) is 19.1. The van der Waals surface area contributed by atoms with Crippen molar-refractivity contribution in [1.82, 2.24) is 14.9 Å². The lowest BCUT2D eigenvalue weighted by atomic mass is 10.1. The summed E-state index contributed by atoms with van der Waals surface area (Å²) in [4.78, 5) is 36.2. The average molecular weight is 460 g/mol. The molecule has 1 aliphatic heterocycles. The standard InChI is InChI=1S/C25H29N7O2/c1-17(26)24(34)32-14-12-31(13-15-32)21-8-6-20(7-9-21)29-25-28-11-10-22(30-25)19-4-2-18(3-5-19)16-23(27)33/h2-11,17H,12-16,26H2,1H3,(H2,27,33)(H,28,29,30)/t17-/m0/s1. The lowest BCUT2D eigenvalue weighted by Crippen LogP contribution is -2.52. The van der Waals surface area contributed by atoms with Crippen LogP contribution in [0, 0.1) is 0 Å². The molecule has 5 N–H and O–H groups in total. The SMILES string of the molecule is C[C@H](N)C(=O)N1CCN(c2ccc(Nc3nccc(-c4ccc(CC(N)=O)cc4)n3)cc2)CC1. The molecule has 34 heavy (non-hydrogen) atoms. The highest BCUT2D eigenvalue weighted by Gasteiger charge is 2.23. The maximum absolute atomic E-state index is 12.1. The summed E-state index contributed by atoms with van der Waals surface area (Å²) in [5.41, 5.74) is 15.5. The van der Waals surface area contributed by atoms with Gasteiger partial charge in [-0.05, 0) is 42.8 Å². The van der Waals surface area contributed by atoms with Gasteiger partial charge in [0.25, 0.3) is 0 Å². The molecule has 9 nitrogen and oxygen atoms in total. The largest absolute Gasteiger partial charge is 0.369 e. The van der Waals surface area contributed by atoms with Crippen LogP contribution in [0.1, 0.15) is 12.5 Å². The van der Waals surface area contributed by atoms with Gasteiger partial charge in [0.05, 0.1) is 18.2 Å². The Labute approximate surface area is 198 Å². The Morgan fingerprint density at radius 2 is 1.68 bits per heavy atom. The lowest BCUT2D eigenvalue weighted by molar-refractivity contribution is -0.132. The molecular weight excluding hydrogens is 430 g/mol. The number of nitrogens with one attached hydrogen (secondary N) is 1. The first-order chi connectivity index (χ1) is 16.4. The zero-order valence-corrected chi connectivity index (χ0v) is 19.1. The Hall–Kier alpha value is -3.98. The first-order valence-electron chi connectivity index (χ1n) is 11.3. The van der Waals surface area contributed by atoms with Crippen LogP contribution >= 0.6 is 0 Å². The first-order valence-corrected chi connectivity index (χ1v) is 11.3. The molecule has 3 aromatic rings. The number of anilines is 3. The van der Waals surface area contributed by atoms with Gasteiger partial charge in [0.15, 0.2) is 0 Å². The molecule has 9 heteroatoms. The van der Waals surface area contributed by atoms with E-state index in [1.807, 2.05) is 59.5 Å². The molecule has 2 aromatic carbocycles. The highest BCUT2D eigenvalue weighted by Crippen LogP contribution is 2.23. The van der Waals surface area contributed by atoms with E-state index in [2.05, 4.69) is 20.2 Å². The number of rotatable bonds is 7. The minimum atomic E-state index is -0.459. The summed E-state index contributed by atoms with van der Waals surface area (Å²) in [6.07, 6.45) is 1.92. The second kappa shape index (κ2) is 10.3. The third-order valence-electron chi connectivity index (χ3n) is 5.75. The van der Waals surface area contributed by atoms with Gasteiger partial charge in [0.2, 0.25) is 17.8 Å². The summed E-state index contributed by atoms with van der Waals surface area (Å²) in [5.74, 6) is 0.142. The minimum Gasteiger partial charge on any atom is -0.369 e. The van der Waals surface area contributed by atoms with Gasteiger partial charge in [-0.1, -0.05) is 24.3 Å². The summed E-state index contributed by atoms with van der Waals surface area (Å²) in [6, 6.07) is 17.0. The fourth-order valence-electron chi connectivity index (χ4n) is 3.93. The van der Waals surface area contributed by atoms with Crippen molar-refractivity contribution in [2.24, 2.45) is 11.5 Å². The number of nitrogens with zero attached hydrogens (tertiary/aromatic N) is 4. The van der Waals surface area contributed by atoms with Crippen molar-refractivity contribution in [2.75, 3.05) is 36.4 Å². The smallest absolute Gasteiger partial charge is 0.239 e. The topological polar surface area (TPSA) is 130 Å². The van der Waals surface area contributed by atoms with Gasteiger partial charge < -0.3 is 26.6 Å². The van der Waals surface area contributed by atoms with Crippen molar-refractivity contribution >= 4 is 29.1 Å². The molecule has 0 aliphatic carbocycles. The van der Waals surface area contributed by atoms with Crippen molar-refractivity contribution < 1.29 is 9.59 Å². The summed E-state index contributed by atoms with van der Waals surface area (Å²) in [5, 5.41) is 3.25. The van der Waals surface area contributed by atoms with E-state index < -0.39 is 6.04 Å². The predicted molar refractivity (Wildman–Crippen MR) is 133 cm³/mol. The number of amides is 2.